The molecule has 0 fully saturated rings. The minimum Gasteiger partial charge on any atom is -0.464 e. The monoisotopic (exact) mass is 260 g/mol. The minimum absolute atomic E-state index is 0.397. The summed E-state index contributed by atoms with van der Waals surface area (Å²) in [6.45, 7) is 0.994. The number of rotatable bonds is 5. The van der Waals surface area contributed by atoms with Crippen molar-refractivity contribution >= 4 is 5.97 Å². The Kier molecular flexibility index (Phi) is 4.30. The third kappa shape index (κ3) is 3.00. The number of hydrogen-bond donors (Lipinski definition) is 0. The quantitative estimate of drug-likeness (QED) is 0.771. The number of methoxy groups -OCH3 is 2. The summed E-state index contributed by atoms with van der Waals surface area (Å²) in [6.07, 6.45) is 0. The molecule has 1 aromatic heterocycles. The van der Waals surface area contributed by atoms with Crippen molar-refractivity contribution in [1.29, 1.82) is 0 Å². The van der Waals surface area contributed by atoms with Crippen LogP contribution in [0, 0.1) is 0 Å². The molecule has 2 aromatic rings. The second-order valence-electron chi connectivity index (χ2n) is 3.99. The molecular formula is C14H16N2O3. The maximum atomic E-state index is 11.7. The summed E-state index contributed by atoms with van der Waals surface area (Å²) in [5.41, 5.74) is 2.14. The van der Waals surface area contributed by atoms with Gasteiger partial charge in [0.2, 0.25) is 0 Å². The molecule has 0 bridgehead atoms. The first kappa shape index (κ1) is 13.3. The maximum Gasteiger partial charge on any atom is 0.356 e. The van der Waals surface area contributed by atoms with Crippen LogP contribution < -0.4 is 0 Å². The largest absolute Gasteiger partial charge is 0.464 e. The van der Waals surface area contributed by atoms with Gasteiger partial charge in [0, 0.05) is 12.7 Å². The zero-order valence-electron chi connectivity index (χ0n) is 11.0. The van der Waals surface area contributed by atoms with Crippen molar-refractivity contribution in [3.05, 3.63) is 42.1 Å². The van der Waals surface area contributed by atoms with Gasteiger partial charge in [0.25, 0.3) is 0 Å². The topological polar surface area (TPSA) is 53.4 Å². The Morgan fingerprint density at radius 1 is 1.26 bits per heavy atom. The van der Waals surface area contributed by atoms with Gasteiger partial charge in [-0.25, -0.2) is 4.79 Å². The Bertz CT molecular complexity index is 549. The highest BCUT2D eigenvalue weighted by atomic mass is 16.5. The Morgan fingerprint density at radius 2 is 2.00 bits per heavy atom. The highest BCUT2D eigenvalue weighted by molar-refractivity contribution is 5.88. The number of ether oxygens (including phenoxy) is 2. The van der Waals surface area contributed by atoms with Gasteiger partial charge in [-0.3, -0.25) is 4.68 Å². The lowest BCUT2D eigenvalue weighted by Crippen LogP contribution is -2.14. The summed E-state index contributed by atoms with van der Waals surface area (Å²) in [4.78, 5) is 11.7. The van der Waals surface area contributed by atoms with Gasteiger partial charge in [-0.2, -0.15) is 5.10 Å². The molecule has 0 aliphatic rings. The number of nitrogens with zero attached hydrogens (tertiary/aromatic N) is 2. The van der Waals surface area contributed by atoms with E-state index in [1.54, 1.807) is 17.9 Å². The van der Waals surface area contributed by atoms with Crippen molar-refractivity contribution in [2.75, 3.05) is 20.8 Å². The normalized spacial score (nSPS) is 10.4. The van der Waals surface area contributed by atoms with Gasteiger partial charge in [-0.1, -0.05) is 30.3 Å². The van der Waals surface area contributed by atoms with Crippen LogP contribution in [0.15, 0.2) is 36.4 Å². The molecule has 0 N–H and O–H groups in total. The molecule has 0 unspecified atom stereocenters. The Balaban J connectivity index is 2.36. The van der Waals surface area contributed by atoms with Crippen molar-refractivity contribution in [3.63, 3.8) is 0 Å². The lowest BCUT2D eigenvalue weighted by Gasteiger charge is -2.04. The van der Waals surface area contributed by atoms with E-state index in [9.17, 15) is 4.79 Å². The first-order valence-corrected chi connectivity index (χ1v) is 5.96. The molecule has 1 aromatic carbocycles. The Labute approximate surface area is 111 Å². The van der Waals surface area contributed by atoms with Crippen LogP contribution >= 0.6 is 0 Å². The number of aromatic nitrogens is 2. The zero-order chi connectivity index (χ0) is 13.7. The molecule has 2 rings (SSSR count). The fourth-order valence-corrected chi connectivity index (χ4v) is 1.78. The number of carbonyl (C=O) groups excluding carboxylic acids is 1. The van der Waals surface area contributed by atoms with Crippen LogP contribution in [0.3, 0.4) is 0 Å². The first-order chi connectivity index (χ1) is 9.26. The van der Waals surface area contributed by atoms with Gasteiger partial charge in [0.1, 0.15) is 5.69 Å². The highest BCUT2D eigenvalue weighted by Crippen LogP contribution is 2.19. The van der Waals surface area contributed by atoms with Crippen LogP contribution in [-0.4, -0.2) is 36.6 Å². The van der Waals surface area contributed by atoms with Crippen molar-refractivity contribution in [3.8, 4) is 11.3 Å². The molecule has 0 saturated heterocycles. The van der Waals surface area contributed by atoms with E-state index in [-0.39, 0.29) is 0 Å². The molecular weight excluding hydrogens is 244 g/mol. The van der Waals surface area contributed by atoms with Gasteiger partial charge in [0.15, 0.2) is 0 Å². The summed E-state index contributed by atoms with van der Waals surface area (Å²) in [5.74, 6) is -0.397. The number of esters is 1. The number of carbonyl (C=O) groups is 1. The lowest BCUT2D eigenvalue weighted by atomic mass is 10.1. The van der Waals surface area contributed by atoms with Crippen molar-refractivity contribution in [1.82, 2.24) is 9.78 Å². The first-order valence-electron chi connectivity index (χ1n) is 5.96. The van der Waals surface area contributed by atoms with Crippen LogP contribution in [0.4, 0.5) is 0 Å². The van der Waals surface area contributed by atoms with Crippen LogP contribution in [-0.2, 0) is 16.0 Å². The molecule has 0 atom stereocenters. The van der Waals surface area contributed by atoms with E-state index >= 15 is 0 Å². The summed E-state index contributed by atoms with van der Waals surface area (Å²) < 4.78 is 11.4. The van der Waals surface area contributed by atoms with Gasteiger partial charge >= 0.3 is 5.97 Å². The molecule has 0 saturated carbocycles. The molecule has 0 aliphatic heterocycles. The van der Waals surface area contributed by atoms with Gasteiger partial charge in [-0.05, 0) is 6.07 Å². The summed E-state index contributed by atoms with van der Waals surface area (Å²) in [7, 11) is 2.97. The van der Waals surface area contributed by atoms with Crippen LogP contribution in [0.1, 0.15) is 10.5 Å². The molecule has 0 aliphatic carbocycles. The summed E-state index contributed by atoms with van der Waals surface area (Å²) in [6, 6.07) is 11.4. The standard InChI is InChI=1S/C14H16N2O3/c1-18-9-8-16-13(14(17)19-2)10-12(15-16)11-6-4-3-5-7-11/h3-7,10H,8-9H2,1-2H3. The second kappa shape index (κ2) is 6.15. The van der Waals surface area contributed by atoms with E-state index in [1.165, 1.54) is 7.11 Å². The highest BCUT2D eigenvalue weighted by Gasteiger charge is 2.16. The Morgan fingerprint density at radius 3 is 2.63 bits per heavy atom. The smallest absolute Gasteiger partial charge is 0.356 e. The molecule has 100 valence electrons. The van der Waals surface area contributed by atoms with E-state index < -0.39 is 5.97 Å². The third-order valence-electron chi connectivity index (χ3n) is 2.75. The van der Waals surface area contributed by atoms with E-state index in [0.717, 1.165) is 11.3 Å². The van der Waals surface area contributed by atoms with Gasteiger partial charge < -0.3 is 9.47 Å². The van der Waals surface area contributed by atoms with Crippen molar-refractivity contribution < 1.29 is 14.3 Å². The van der Waals surface area contributed by atoms with Gasteiger partial charge in [-0.15, -0.1) is 0 Å². The summed E-state index contributed by atoms with van der Waals surface area (Å²) >= 11 is 0. The maximum absolute atomic E-state index is 11.7. The van der Waals surface area contributed by atoms with Crippen molar-refractivity contribution in [2.24, 2.45) is 0 Å². The average Bonchev–Trinajstić information content (AvgIpc) is 2.89. The Hall–Kier alpha value is -2.14. The van der Waals surface area contributed by atoms with E-state index in [1.807, 2.05) is 30.3 Å². The summed E-state index contributed by atoms with van der Waals surface area (Å²) in [5, 5.41) is 4.42. The molecule has 0 amide bonds. The molecule has 5 nitrogen and oxygen atoms in total. The molecule has 1 heterocycles. The van der Waals surface area contributed by atoms with E-state index in [4.69, 9.17) is 9.47 Å². The second-order valence-corrected chi connectivity index (χ2v) is 3.99. The fraction of sp³-hybridized carbons (Fsp3) is 0.286. The minimum atomic E-state index is -0.397. The SMILES string of the molecule is COCCn1nc(-c2ccccc2)cc1C(=O)OC. The average molecular weight is 260 g/mol. The number of benzene rings is 1. The van der Waals surface area contributed by atoms with Crippen LogP contribution in [0.5, 0.6) is 0 Å². The van der Waals surface area contributed by atoms with Crippen LogP contribution in [0.25, 0.3) is 11.3 Å². The molecule has 19 heavy (non-hydrogen) atoms. The van der Waals surface area contributed by atoms with E-state index in [0.29, 0.717) is 18.8 Å². The third-order valence-corrected chi connectivity index (χ3v) is 2.75. The van der Waals surface area contributed by atoms with Crippen molar-refractivity contribution in [2.45, 2.75) is 6.54 Å². The fourth-order valence-electron chi connectivity index (χ4n) is 1.78. The molecule has 0 spiro atoms. The molecule has 0 radical (unpaired) electrons. The number of hydrogen-bond acceptors (Lipinski definition) is 4. The van der Waals surface area contributed by atoms with E-state index in [2.05, 4.69) is 5.10 Å². The predicted molar refractivity (Wildman–Crippen MR) is 70.9 cm³/mol. The lowest BCUT2D eigenvalue weighted by molar-refractivity contribution is 0.0583. The zero-order valence-corrected chi connectivity index (χ0v) is 11.0. The van der Waals surface area contributed by atoms with Crippen LogP contribution in [0.2, 0.25) is 0 Å². The molecule has 5 heteroatoms. The predicted octanol–water partition coefficient (Wildman–Crippen LogP) is 1.98. The van der Waals surface area contributed by atoms with Gasteiger partial charge in [0.05, 0.1) is 26.0 Å².